The van der Waals surface area contributed by atoms with Gasteiger partial charge in [0.15, 0.2) is 0 Å². The number of hydrogen-bond acceptors (Lipinski definition) is 2. The lowest BCUT2D eigenvalue weighted by Crippen LogP contribution is -2.40. The van der Waals surface area contributed by atoms with Crippen LogP contribution in [0.1, 0.15) is 41.0 Å². The minimum Gasteiger partial charge on any atom is -0.390 e. The van der Waals surface area contributed by atoms with Crippen LogP contribution in [-0.4, -0.2) is 16.7 Å². The highest BCUT2D eigenvalue weighted by Gasteiger charge is 2.29. The van der Waals surface area contributed by atoms with E-state index in [1.165, 1.54) is 0 Å². The molecule has 0 heterocycles. The Kier molecular flexibility index (Phi) is 3.09. The standard InChI is InChI=1S/C9H21NO/c1-7(10)8(2,3)6-9(4,5)11/h7,11H,6,10H2,1-5H3. The maximum Gasteiger partial charge on any atom is 0.0597 e. The molecule has 0 aromatic heterocycles. The van der Waals surface area contributed by atoms with Crippen molar-refractivity contribution in [2.24, 2.45) is 11.1 Å². The maximum absolute atomic E-state index is 9.55. The van der Waals surface area contributed by atoms with E-state index in [0.717, 1.165) is 6.42 Å². The normalized spacial score (nSPS) is 16.6. The summed E-state index contributed by atoms with van der Waals surface area (Å²) in [7, 11) is 0. The van der Waals surface area contributed by atoms with Gasteiger partial charge in [0.1, 0.15) is 0 Å². The van der Waals surface area contributed by atoms with Crippen LogP contribution in [0, 0.1) is 5.41 Å². The Hall–Kier alpha value is -0.0800. The highest BCUT2D eigenvalue weighted by atomic mass is 16.3. The molecule has 1 atom stereocenters. The van der Waals surface area contributed by atoms with Crippen LogP contribution in [0.15, 0.2) is 0 Å². The van der Waals surface area contributed by atoms with Crippen molar-refractivity contribution in [2.45, 2.75) is 52.7 Å². The predicted molar refractivity (Wildman–Crippen MR) is 48.3 cm³/mol. The summed E-state index contributed by atoms with van der Waals surface area (Å²) in [6.45, 7) is 9.77. The van der Waals surface area contributed by atoms with E-state index in [9.17, 15) is 5.11 Å². The van der Waals surface area contributed by atoms with Gasteiger partial charge in [-0.2, -0.15) is 0 Å². The van der Waals surface area contributed by atoms with Crippen molar-refractivity contribution in [3.05, 3.63) is 0 Å². The molecule has 0 saturated carbocycles. The second-order valence-corrected chi connectivity index (χ2v) is 4.77. The number of aliphatic hydroxyl groups is 1. The topological polar surface area (TPSA) is 46.2 Å². The van der Waals surface area contributed by atoms with Gasteiger partial charge >= 0.3 is 0 Å². The summed E-state index contributed by atoms with van der Waals surface area (Å²) < 4.78 is 0. The van der Waals surface area contributed by atoms with Crippen LogP contribution < -0.4 is 5.73 Å². The Morgan fingerprint density at radius 2 is 1.64 bits per heavy atom. The molecule has 1 unspecified atom stereocenters. The molecule has 2 heteroatoms. The molecule has 0 aliphatic heterocycles. The number of rotatable bonds is 3. The van der Waals surface area contributed by atoms with Crippen molar-refractivity contribution in [3.63, 3.8) is 0 Å². The third-order valence-electron chi connectivity index (χ3n) is 2.12. The minimum absolute atomic E-state index is 0.0122. The molecule has 0 spiro atoms. The molecular weight excluding hydrogens is 138 g/mol. The SMILES string of the molecule is CC(N)C(C)(C)CC(C)(C)O. The third-order valence-corrected chi connectivity index (χ3v) is 2.12. The first-order valence-corrected chi connectivity index (χ1v) is 4.13. The van der Waals surface area contributed by atoms with Gasteiger partial charge in [-0.05, 0) is 32.6 Å². The first kappa shape index (κ1) is 10.9. The Bertz CT molecular complexity index is 122. The quantitative estimate of drug-likeness (QED) is 0.656. The van der Waals surface area contributed by atoms with Gasteiger partial charge in [0.2, 0.25) is 0 Å². The van der Waals surface area contributed by atoms with Gasteiger partial charge in [-0.3, -0.25) is 0 Å². The van der Waals surface area contributed by atoms with E-state index in [-0.39, 0.29) is 11.5 Å². The summed E-state index contributed by atoms with van der Waals surface area (Å²) >= 11 is 0. The van der Waals surface area contributed by atoms with Gasteiger partial charge in [-0.1, -0.05) is 13.8 Å². The second-order valence-electron chi connectivity index (χ2n) is 4.77. The van der Waals surface area contributed by atoms with Crippen LogP contribution in [0.4, 0.5) is 0 Å². The summed E-state index contributed by atoms with van der Waals surface area (Å²) in [6, 6.07) is 0.119. The van der Waals surface area contributed by atoms with Crippen molar-refractivity contribution < 1.29 is 5.11 Å². The highest BCUT2D eigenvalue weighted by molar-refractivity contribution is 4.84. The lowest BCUT2D eigenvalue weighted by Gasteiger charge is -2.34. The second kappa shape index (κ2) is 3.11. The fraction of sp³-hybridized carbons (Fsp3) is 1.00. The van der Waals surface area contributed by atoms with Gasteiger partial charge in [0, 0.05) is 6.04 Å². The smallest absolute Gasteiger partial charge is 0.0597 e. The Balaban J connectivity index is 4.13. The molecule has 0 aliphatic carbocycles. The van der Waals surface area contributed by atoms with Gasteiger partial charge in [-0.25, -0.2) is 0 Å². The zero-order valence-corrected chi connectivity index (χ0v) is 8.31. The van der Waals surface area contributed by atoms with E-state index in [2.05, 4.69) is 13.8 Å². The van der Waals surface area contributed by atoms with Crippen molar-refractivity contribution in [2.75, 3.05) is 0 Å². The first-order valence-electron chi connectivity index (χ1n) is 4.13. The molecule has 0 aliphatic rings. The molecule has 11 heavy (non-hydrogen) atoms. The molecule has 0 fully saturated rings. The molecule has 0 aromatic rings. The van der Waals surface area contributed by atoms with E-state index in [0.29, 0.717) is 0 Å². The average molecular weight is 159 g/mol. The molecule has 68 valence electrons. The molecule has 0 radical (unpaired) electrons. The van der Waals surface area contributed by atoms with Crippen molar-refractivity contribution in [1.82, 2.24) is 0 Å². The average Bonchev–Trinajstić information content (AvgIpc) is 1.56. The largest absolute Gasteiger partial charge is 0.390 e. The molecule has 0 bridgehead atoms. The van der Waals surface area contributed by atoms with Crippen LogP contribution in [0.25, 0.3) is 0 Å². The highest BCUT2D eigenvalue weighted by Crippen LogP contribution is 2.29. The molecule has 0 rings (SSSR count). The third kappa shape index (κ3) is 4.38. The van der Waals surface area contributed by atoms with Crippen LogP contribution >= 0.6 is 0 Å². The summed E-state index contributed by atoms with van der Waals surface area (Å²) in [5, 5.41) is 9.55. The van der Waals surface area contributed by atoms with Gasteiger partial charge in [0.25, 0.3) is 0 Å². The zero-order chi connectivity index (χ0) is 9.28. The van der Waals surface area contributed by atoms with E-state index in [1.54, 1.807) is 0 Å². The molecule has 2 nitrogen and oxygen atoms in total. The van der Waals surface area contributed by atoms with Gasteiger partial charge in [0.05, 0.1) is 5.60 Å². The predicted octanol–water partition coefficient (Wildman–Crippen LogP) is 1.52. The maximum atomic E-state index is 9.55. The molecule has 3 N–H and O–H groups in total. The van der Waals surface area contributed by atoms with E-state index >= 15 is 0 Å². The molecule has 0 amide bonds. The summed E-state index contributed by atoms with van der Waals surface area (Å²) in [5.74, 6) is 0. The first-order chi connectivity index (χ1) is 4.65. The van der Waals surface area contributed by atoms with Gasteiger partial charge in [-0.15, -0.1) is 0 Å². The zero-order valence-electron chi connectivity index (χ0n) is 8.31. The van der Waals surface area contributed by atoms with Crippen LogP contribution in [0.5, 0.6) is 0 Å². The fourth-order valence-electron chi connectivity index (χ4n) is 1.28. The molecule has 0 aromatic carbocycles. The summed E-state index contributed by atoms with van der Waals surface area (Å²) in [4.78, 5) is 0. The Morgan fingerprint density at radius 3 is 1.73 bits per heavy atom. The Morgan fingerprint density at radius 1 is 1.27 bits per heavy atom. The van der Waals surface area contributed by atoms with Crippen LogP contribution in [0.2, 0.25) is 0 Å². The van der Waals surface area contributed by atoms with Crippen LogP contribution in [0.3, 0.4) is 0 Å². The fourth-order valence-corrected chi connectivity index (χ4v) is 1.28. The van der Waals surface area contributed by atoms with E-state index < -0.39 is 5.60 Å². The lowest BCUT2D eigenvalue weighted by atomic mass is 9.77. The van der Waals surface area contributed by atoms with Crippen molar-refractivity contribution in [1.29, 1.82) is 0 Å². The molecular formula is C9H21NO. The van der Waals surface area contributed by atoms with Gasteiger partial charge < -0.3 is 10.8 Å². The minimum atomic E-state index is -0.614. The Labute approximate surface area is 69.8 Å². The monoisotopic (exact) mass is 159 g/mol. The number of nitrogens with two attached hydrogens (primary N) is 1. The van der Waals surface area contributed by atoms with E-state index in [4.69, 9.17) is 5.73 Å². The molecule has 0 saturated heterocycles. The number of hydrogen-bond donors (Lipinski definition) is 2. The van der Waals surface area contributed by atoms with Crippen molar-refractivity contribution in [3.8, 4) is 0 Å². The van der Waals surface area contributed by atoms with Crippen molar-refractivity contribution >= 4 is 0 Å². The summed E-state index contributed by atoms with van der Waals surface area (Å²) in [5.41, 5.74) is 5.16. The summed E-state index contributed by atoms with van der Waals surface area (Å²) in [6.07, 6.45) is 0.734. The lowest BCUT2D eigenvalue weighted by molar-refractivity contribution is 0.0256. The van der Waals surface area contributed by atoms with Crippen LogP contribution in [-0.2, 0) is 0 Å². The van der Waals surface area contributed by atoms with E-state index in [1.807, 2.05) is 20.8 Å².